The molecule has 1 aromatic rings. The van der Waals surface area contributed by atoms with E-state index in [2.05, 4.69) is 18.8 Å². The topological polar surface area (TPSA) is 56.4 Å². The Balaban J connectivity index is 2.37. The summed E-state index contributed by atoms with van der Waals surface area (Å²) in [7, 11) is 0. The highest BCUT2D eigenvalue weighted by atomic mass is 16.7. The molecule has 4 heteroatoms. The van der Waals surface area contributed by atoms with Crippen LogP contribution in [0.15, 0.2) is 34.5 Å². The lowest BCUT2D eigenvalue weighted by atomic mass is 10.1. The van der Waals surface area contributed by atoms with Crippen molar-refractivity contribution >= 4 is 11.4 Å². The zero-order chi connectivity index (χ0) is 14.7. The number of allylic oxidation sites excluding steroid dienone is 2. The van der Waals surface area contributed by atoms with Gasteiger partial charge in [0.15, 0.2) is 17.2 Å². The quantitative estimate of drug-likeness (QED) is 0.854. The van der Waals surface area contributed by atoms with Crippen LogP contribution in [-0.2, 0) is 0 Å². The van der Waals surface area contributed by atoms with Crippen LogP contribution >= 0.6 is 0 Å². The molecule has 106 valence electrons. The van der Waals surface area contributed by atoms with Gasteiger partial charge in [0.25, 0.3) is 0 Å². The molecule has 0 spiro atoms. The fourth-order valence-electron chi connectivity index (χ4n) is 2.04. The second-order valence-electron chi connectivity index (χ2n) is 4.93. The average Bonchev–Trinajstić information content (AvgIpc) is 2.90. The minimum Gasteiger partial charge on any atom is -0.454 e. The third kappa shape index (κ3) is 2.90. The molecule has 0 amide bonds. The summed E-state index contributed by atoms with van der Waals surface area (Å²) >= 11 is 0. The van der Waals surface area contributed by atoms with Crippen LogP contribution in [0.25, 0.3) is 0 Å². The zero-order valence-electron chi connectivity index (χ0n) is 12.5. The van der Waals surface area contributed by atoms with Gasteiger partial charge in [-0.3, -0.25) is 5.41 Å². The highest BCUT2D eigenvalue weighted by molar-refractivity contribution is 6.04. The molecule has 0 aliphatic carbocycles. The third-order valence-corrected chi connectivity index (χ3v) is 3.38. The predicted molar refractivity (Wildman–Crippen MR) is 80.4 cm³/mol. The lowest BCUT2D eigenvalue weighted by molar-refractivity contribution is -0.113. The summed E-state index contributed by atoms with van der Waals surface area (Å²) in [6.45, 7) is 8.30. The van der Waals surface area contributed by atoms with E-state index in [9.17, 15) is 0 Å². The monoisotopic (exact) mass is 273 g/mol. The van der Waals surface area contributed by atoms with Gasteiger partial charge in [-0.25, -0.2) is 4.99 Å². The zero-order valence-corrected chi connectivity index (χ0v) is 12.5. The normalized spacial score (nSPS) is 15.1. The maximum absolute atomic E-state index is 5.94. The van der Waals surface area contributed by atoms with E-state index in [1.54, 1.807) is 0 Å². The first kappa shape index (κ1) is 14.3. The Morgan fingerprint density at radius 3 is 2.55 bits per heavy atom. The van der Waals surface area contributed by atoms with Gasteiger partial charge in [-0.1, -0.05) is 6.92 Å². The maximum Gasteiger partial charge on any atom is 0.231 e. The second kappa shape index (κ2) is 5.90. The Hall–Kier alpha value is -2.10. The van der Waals surface area contributed by atoms with E-state index in [1.807, 2.05) is 32.0 Å². The first-order valence-corrected chi connectivity index (χ1v) is 6.77. The highest BCUT2D eigenvalue weighted by Crippen LogP contribution is 2.32. The summed E-state index contributed by atoms with van der Waals surface area (Å²) in [6, 6.07) is 5.84. The summed E-state index contributed by atoms with van der Waals surface area (Å²) in [5, 5.41) is 5.94. The summed E-state index contributed by atoms with van der Waals surface area (Å²) in [5.74, 6) is 1.55. The van der Waals surface area contributed by atoms with Gasteiger partial charge in [0.2, 0.25) is 6.79 Å². The minimum absolute atomic E-state index is 0.282. The first-order chi connectivity index (χ1) is 9.52. The first-order valence-electron chi connectivity index (χ1n) is 6.77. The van der Waals surface area contributed by atoms with Crippen molar-refractivity contribution in [3.8, 4) is 11.5 Å². The molecule has 2 rings (SSSR count). The van der Waals surface area contributed by atoms with Gasteiger partial charge in [-0.2, -0.15) is 0 Å². The molecule has 0 radical (unpaired) electrons. The molecule has 4 nitrogen and oxygen atoms in total. The van der Waals surface area contributed by atoms with Crippen molar-refractivity contribution in [3.05, 3.63) is 35.0 Å². The molecular formula is C16H21N2O2+. The number of aliphatic imine (C=N–C) groups is 1. The van der Waals surface area contributed by atoms with Crippen molar-refractivity contribution in [2.45, 2.75) is 34.1 Å². The lowest BCUT2D eigenvalue weighted by Crippen LogP contribution is -2.38. The molecule has 1 aliphatic rings. The number of hydrogen-bond donors (Lipinski definition) is 1. The third-order valence-electron chi connectivity index (χ3n) is 3.38. The Labute approximate surface area is 119 Å². The van der Waals surface area contributed by atoms with Gasteiger partial charge in [-0.05, 0) is 49.6 Å². The molecule has 0 fully saturated rings. The van der Waals surface area contributed by atoms with E-state index in [4.69, 9.17) is 14.9 Å². The van der Waals surface area contributed by atoms with Crippen molar-refractivity contribution in [3.63, 3.8) is 0 Å². The van der Waals surface area contributed by atoms with Gasteiger partial charge in [0.1, 0.15) is 5.70 Å². The second-order valence-corrected chi connectivity index (χ2v) is 4.93. The lowest BCUT2D eigenvalue weighted by Gasteiger charge is -2.06. The fraction of sp³-hybridized carbons (Fsp3) is 0.375. The molecule has 1 aliphatic heterocycles. The standard InChI is InChI=1S/C16H20N2O2/c1-5-10(2)16(11(3)17)18-12(4)13-6-7-14-15(8-13)20-9-19-14/h6-8,17H,5,9H2,1-4H3/p+1/b16-10+,17-11?,18-12?. The Bertz CT molecular complexity index is 600. The molecule has 2 N–H and O–H groups in total. The number of nitrogens with two attached hydrogens (primary N) is 1. The minimum atomic E-state index is 0.282. The van der Waals surface area contributed by atoms with Gasteiger partial charge in [-0.15, -0.1) is 0 Å². The van der Waals surface area contributed by atoms with E-state index in [0.717, 1.165) is 40.6 Å². The Kier molecular flexibility index (Phi) is 4.23. The van der Waals surface area contributed by atoms with Crippen LogP contribution < -0.4 is 14.9 Å². The molecule has 1 aromatic carbocycles. The van der Waals surface area contributed by atoms with Crippen molar-refractivity contribution in [2.75, 3.05) is 6.79 Å². The van der Waals surface area contributed by atoms with Crippen molar-refractivity contribution in [2.24, 2.45) is 4.99 Å². The van der Waals surface area contributed by atoms with Gasteiger partial charge in [0, 0.05) is 12.6 Å². The molecule has 0 aromatic heterocycles. The smallest absolute Gasteiger partial charge is 0.231 e. The Morgan fingerprint density at radius 2 is 1.90 bits per heavy atom. The van der Waals surface area contributed by atoms with Crippen LogP contribution in [0.1, 0.15) is 39.7 Å². The molecule has 0 unspecified atom stereocenters. The van der Waals surface area contributed by atoms with Gasteiger partial charge < -0.3 is 9.47 Å². The summed E-state index contributed by atoms with van der Waals surface area (Å²) < 4.78 is 10.7. The van der Waals surface area contributed by atoms with Crippen molar-refractivity contribution < 1.29 is 14.9 Å². The van der Waals surface area contributed by atoms with Crippen molar-refractivity contribution in [1.82, 2.24) is 0 Å². The van der Waals surface area contributed by atoms with Crippen LogP contribution in [0, 0.1) is 0 Å². The van der Waals surface area contributed by atoms with Crippen LogP contribution in [0.5, 0.6) is 11.5 Å². The summed E-state index contributed by atoms with van der Waals surface area (Å²) in [5.41, 5.74) is 4.73. The van der Waals surface area contributed by atoms with Gasteiger partial charge in [0.05, 0.1) is 0 Å². The predicted octanol–water partition coefficient (Wildman–Crippen LogP) is 2.13. The van der Waals surface area contributed by atoms with Crippen LogP contribution in [-0.4, -0.2) is 18.2 Å². The molecule has 20 heavy (non-hydrogen) atoms. The fourth-order valence-corrected chi connectivity index (χ4v) is 2.04. The largest absolute Gasteiger partial charge is 0.454 e. The maximum atomic E-state index is 5.94. The molecule has 0 saturated carbocycles. The number of ether oxygens (including phenoxy) is 2. The van der Waals surface area contributed by atoms with Crippen LogP contribution in [0.4, 0.5) is 0 Å². The average molecular weight is 273 g/mol. The molecular weight excluding hydrogens is 252 g/mol. The van der Waals surface area contributed by atoms with E-state index < -0.39 is 0 Å². The number of fused-ring (bicyclic) bond motifs is 1. The molecule has 1 heterocycles. The van der Waals surface area contributed by atoms with Crippen LogP contribution in [0.2, 0.25) is 0 Å². The number of nitrogens with zero attached hydrogens (tertiary/aromatic N) is 1. The van der Waals surface area contributed by atoms with Crippen LogP contribution in [0.3, 0.4) is 0 Å². The van der Waals surface area contributed by atoms with E-state index in [1.165, 1.54) is 5.57 Å². The SMILES string of the molecule is CC/C(C)=C(/N=C(C)c1ccc2c(c1)OCO2)C(C)=[NH2+]. The Morgan fingerprint density at radius 1 is 1.20 bits per heavy atom. The molecule has 0 bridgehead atoms. The van der Waals surface area contributed by atoms with Gasteiger partial charge >= 0.3 is 0 Å². The number of hydrogen-bond acceptors (Lipinski definition) is 3. The number of rotatable bonds is 4. The number of benzene rings is 1. The summed E-state index contributed by atoms with van der Waals surface area (Å²) in [6.07, 6.45) is 0.932. The van der Waals surface area contributed by atoms with Crippen molar-refractivity contribution in [1.29, 1.82) is 0 Å². The molecule has 0 saturated heterocycles. The van der Waals surface area contributed by atoms with E-state index in [-0.39, 0.29) is 6.79 Å². The molecule has 0 atom stereocenters. The van der Waals surface area contributed by atoms with E-state index in [0.29, 0.717) is 0 Å². The van der Waals surface area contributed by atoms with E-state index >= 15 is 0 Å². The highest BCUT2D eigenvalue weighted by Gasteiger charge is 2.15. The summed E-state index contributed by atoms with van der Waals surface area (Å²) in [4.78, 5) is 4.68.